The highest BCUT2D eigenvalue weighted by Gasteiger charge is 2.16. The molecule has 0 atom stereocenters. The maximum Gasteiger partial charge on any atom is 0.126 e. The monoisotopic (exact) mass is 423 g/mol. The number of pyridine rings is 1. The summed E-state index contributed by atoms with van der Waals surface area (Å²) in [7, 11) is 1.70. The molecule has 32 heavy (non-hydrogen) atoms. The van der Waals surface area contributed by atoms with Crippen molar-refractivity contribution >= 4 is 33.6 Å². The Morgan fingerprint density at radius 1 is 0.938 bits per heavy atom. The summed E-state index contributed by atoms with van der Waals surface area (Å²) in [6, 6.07) is 21.1. The van der Waals surface area contributed by atoms with Crippen LogP contribution < -0.4 is 10.2 Å². The molecule has 1 heterocycles. The smallest absolute Gasteiger partial charge is 0.126 e. The molecule has 0 radical (unpaired) electrons. The molecule has 4 nitrogen and oxygen atoms in total. The molecule has 4 heteroatoms. The van der Waals surface area contributed by atoms with Gasteiger partial charge in [0.25, 0.3) is 0 Å². The molecule has 1 saturated carbocycles. The molecule has 0 saturated heterocycles. The number of aromatic nitrogens is 1. The molecule has 0 amide bonds. The van der Waals surface area contributed by atoms with E-state index in [0.29, 0.717) is 5.92 Å². The van der Waals surface area contributed by atoms with Crippen molar-refractivity contribution in [2.45, 2.75) is 44.9 Å². The Balaban J connectivity index is 1.47. The van der Waals surface area contributed by atoms with Crippen LogP contribution in [-0.2, 0) is 0 Å². The van der Waals surface area contributed by atoms with Gasteiger partial charge in [0.15, 0.2) is 0 Å². The van der Waals surface area contributed by atoms with Crippen molar-refractivity contribution in [3.8, 4) is 5.75 Å². The highest BCUT2D eigenvalue weighted by Crippen LogP contribution is 2.35. The summed E-state index contributed by atoms with van der Waals surface area (Å²) in [5, 5.41) is 7.94. The number of rotatable bonds is 5. The van der Waals surface area contributed by atoms with Crippen molar-refractivity contribution in [1.29, 1.82) is 0 Å². The summed E-state index contributed by atoms with van der Waals surface area (Å²) < 4.78 is 5.51. The average Bonchev–Trinajstić information content (AvgIpc) is 2.84. The van der Waals surface area contributed by atoms with Gasteiger partial charge in [-0.1, -0.05) is 49.6 Å². The molecule has 162 valence electrons. The second-order valence-corrected chi connectivity index (χ2v) is 8.70. The third-order valence-electron chi connectivity index (χ3n) is 6.56. The zero-order valence-electron chi connectivity index (χ0n) is 18.8. The number of ether oxygens (including phenoxy) is 1. The molecular weight excluding hydrogens is 394 g/mol. The van der Waals surface area contributed by atoms with E-state index in [-0.39, 0.29) is 0 Å². The second-order valence-electron chi connectivity index (χ2n) is 8.70. The van der Waals surface area contributed by atoms with Gasteiger partial charge >= 0.3 is 0 Å². The molecule has 0 bridgehead atoms. The van der Waals surface area contributed by atoms with Crippen LogP contribution in [0, 0.1) is 6.92 Å². The molecule has 0 unspecified atom stereocenters. The number of benzene rings is 3. The molecule has 0 spiro atoms. The third-order valence-corrected chi connectivity index (χ3v) is 6.56. The fraction of sp³-hybridized carbons (Fsp3) is 0.286. The number of hydrazone groups is 1. The van der Waals surface area contributed by atoms with Crippen LogP contribution in [0.1, 0.15) is 54.8 Å². The van der Waals surface area contributed by atoms with Crippen LogP contribution in [0.5, 0.6) is 5.75 Å². The van der Waals surface area contributed by atoms with E-state index in [2.05, 4.69) is 46.9 Å². The predicted octanol–water partition coefficient (Wildman–Crippen LogP) is 7.20. The molecule has 3 aromatic carbocycles. The molecular formula is C28H29N3O. The maximum absolute atomic E-state index is 5.51. The van der Waals surface area contributed by atoms with Gasteiger partial charge in [0.2, 0.25) is 0 Å². The lowest BCUT2D eigenvalue weighted by Gasteiger charge is -2.22. The normalized spacial score (nSPS) is 14.9. The van der Waals surface area contributed by atoms with Crippen molar-refractivity contribution in [3.63, 3.8) is 0 Å². The number of fused-ring (bicyclic) bond motifs is 2. The third kappa shape index (κ3) is 4.05. The number of anilines is 1. The van der Waals surface area contributed by atoms with E-state index in [9.17, 15) is 0 Å². The second kappa shape index (κ2) is 8.99. The lowest BCUT2D eigenvalue weighted by molar-refractivity contribution is 0.420. The van der Waals surface area contributed by atoms with Gasteiger partial charge in [-0.05, 0) is 67.0 Å². The summed E-state index contributed by atoms with van der Waals surface area (Å²) in [5.74, 6) is 1.54. The first kappa shape index (κ1) is 20.5. The Bertz CT molecular complexity index is 1290. The summed E-state index contributed by atoms with van der Waals surface area (Å²) in [6.07, 6.45) is 8.49. The number of methoxy groups -OCH3 is 1. The van der Waals surface area contributed by atoms with E-state index >= 15 is 0 Å². The van der Waals surface area contributed by atoms with Crippen molar-refractivity contribution in [2.24, 2.45) is 5.10 Å². The minimum atomic E-state index is 0.663. The number of nitrogens with zero attached hydrogens (tertiary/aromatic N) is 2. The minimum absolute atomic E-state index is 0.663. The van der Waals surface area contributed by atoms with Crippen LogP contribution in [0.15, 0.2) is 65.8 Å². The molecule has 1 aliphatic rings. The van der Waals surface area contributed by atoms with Crippen LogP contribution in [0.25, 0.3) is 21.7 Å². The van der Waals surface area contributed by atoms with Gasteiger partial charge in [-0.2, -0.15) is 5.10 Å². The number of hydrogen-bond donors (Lipinski definition) is 1. The van der Waals surface area contributed by atoms with Gasteiger partial charge in [0.1, 0.15) is 5.75 Å². The summed E-state index contributed by atoms with van der Waals surface area (Å²) in [5.41, 5.74) is 8.77. The van der Waals surface area contributed by atoms with Crippen LogP contribution >= 0.6 is 0 Å². The molecule has 0 aliphatic heterocycles. The number of hydrogen-bond acceptors (Lipinski definition) is 4. The van der Waals surface area contributed by atoms with E-state index < -0.39 is 0 Å². The van der Waals surface area contributed by atoms with Crippen LogP contribution in [0.3, 0.4) is 0 Å². The van der Waals surface area contributed by atoms with Gasteiger partial charge in [-0.3, -0.25) is 10.4 Å². The van der Waals surface area contributed by atoms with Crippen molar-refractivity contribution in [2.75, 3.05) is 12.5 Å². The standard InChI is InChI=1S/C28H29N3O/c1-19-16-27(25-17-21(12-14-26(25)30-19)20-8-4-3-5-9-20)31-29-18-22-13-15-28(32-2)24-11-7-6-10-23(22)24/h6-7,10-18,20H,3-5,8-9H2,1-2H3,(H,30,31)/b29-18+. The Hall–Kier alpha value is -3.40. The Morgan fingerprint density at radius 3 is 2.56 bits per heavy atom. The SMILES string of the molecule is COc1ccc(/C=N/Nc2cc(C)nc3ccc(C4CCCCC4)cc23)c2ccccc12. The lowest BCUT2D eigenvalue weighted by atomic mass is 9.83. The molecule has 1 aromatic heterocycles. The van der Waals surface area contributed by atoms with Gasteiger partial charge in [0.05, 0.1) is 24.5 Å². The van der Waals surface area contributed by atoms with Crippen LogP contribution in [0.2, 0.25) is 0 Å². The van der Waals surface area contributed by atoms with E-state index in [1.807, 2.05) is 37.4 Å². The highest BCUT2D eigenvalue weighted by atomic mass is 16.5. The summed E-state index contributed by atoms with van der Waals surface area (Å²) in [6.45, 7) is 2.03. The number of nitrogens with one attached hydrogen (secondary N) is 1. The van der Waals surface area contributed by atoms with Gasteiger partial charge in [-0.15, -0.1) is 0 Å². The molecule has 5 rings (SSSR count). The molecule has 1 fully saturated rings. The van der Waals surface area contributed by atoms with Crippen LogP contribution in [-0.4, -0.2) is 18.3 Å². The van der Waals surface area contributed by atoms with Gasteiger partial charge in [0, 0.05) is 22.0 Å². The minimum Gasteiger partial charge on any atom is -0.496 e. The zero-order valence-corrected chi connectivity index (χ0v) is 18.8. The Morgan fingerprint density at radius 2 is 1.75 bits per heavy atom. The van der Waals surface area contributed by atoms with Crippen molar-refractivity contribution in [1.82, 2.24) is 4.98 Å². The first-order valence-electron chi connectivity index (χ1n) is 11.5. The Labute approximate surface area is 189 Å². The van der Waals surface area contributed by atoms with E-state index in [4.69, 9.17) is 9.72 Å². The summed E-state index contributed by atoms with van der Waals surface area (Å²) >= 11 is 0. The van der Waals surface area contributed by atoms with Crippen LogP contribution in [0.4, 0.5) is 5.69 Å². The average molecular weight is 424 g/mol. The van der Waals surface area contributed by atoms with Gasteiger partial charge < -0.3 is 4.74 Å². The summed E-state index contributed by atoms with van der Waals surface area (Å²) in [4.78, 5) is 4.74. The van der Waals surface area contributed by atoms with E-state index in [1.54, 1.807) is 7.11 Å². The molecule has 1 aliphatic carbocycles. The topological polar surface area (TPSA) is 46.5 Å². The van der Waals surface area contributed by atoms with Crippen molar-refractivity contribution < 1.29 is 4.74 Å². The fourth-order valence-electron chi connectivity index (χ4n) is 4.91. The van der Waals surface area contributed by atoms with E-state index in [0.717, 1.165) is 44.4 Å². The quantitative estimate of drug-likeness (QED) is 0.273. The largest absolute Gasteiger partial charge is 0.496 e. The molecule has 1 N–H and O–H groups in total. The number of aryl methyl sites for hydroxylation is 1. The zero-order chi connectivity index (χ0) is 21.9. The Kier molecular flexibility index (Phi) is 5.76. The maximum atomic E-state index is 5.51. The van der Waals surface area contributed by atoms with Gasteiger partial charge in [-0.25, -0.2) is 0 Å². The first-order chi connectivity index (χ1) is 15.7. The highest BCUT2D eigenvalue weighted by molar-refractivity contribution is 6.02. The molecule has 4 aromatic rings. The predicted molar refractivity (Wildman–Crippen MR) is 134 cm³/mol. The van der Waals surface area contributed by atoms with E-state index in [1.165, 1.54) is 37.7 Å². The fourth-order valence-corrected chi connectivity index (χ4v) is 4.91. The van der Waals surface area contributed by atoms with Crippen molar-refractivity contribution in [3.05, 3.63) is 77.5 Å². The lowest BCUT2D eigenvalue weighted by Crippen LogP contribution is -2.04. The first-order valence-corrected chi connectivity index (χ1v) is 11.5.